The molecule has 0 spiro atoms. The summed E-state index contributed by atoms with van der Waals surface area (Å²) in [4.78, 5) is 13.1. The number of likely N-dealkylation sites (tertiary alicyclic amines) is 1. The Morgan fingerprint density at radius 1 is 1.41 bits per heavy atom. The van der Waals surface area contributed by atoms with E-state index in [1.165, 1.54) is 0 Å². The Labute approximate surface area is 101 Å². The fourth-order valence-corrected chi connectivity index (χ4v) is 2.02. The molecule has 0 aromatic carbocycles. The van der Waals surface area contributed by atoms with E-state index < -0.39 is 0 Å². The molecular formula is C11H19N5O. The molecule has 94 valence electrons. The Morgan fingerprint density at radius 3 is 2.76 bits per heavy atom. The second-order valence-electron chi connectivity index (χ2n) is 4.61. The predicted octanol–water partition coefficient (Wildman–Crippen LogP) is -0.166. The van der Waals surface area contributed by atoms with Gasteiger partial charge in [-0.3, -0.25) is 4.79 Å². The van der Waals surface area contributed by atoms with Crippen LogP contribution in [0.1, 0.15) is 24.5 Å². The van der Waals surface area contributed by atoms with Crippen LogP contribution in [0.15, 0.2) is 0 Å². The lowest BCUT2D eigenvalue weighted by atomic mass is 10.1. The van der Waals surface area contributed by atoms with Gasteiger partial charge in [-0.05, 0) is 13.3 Å². The van der Waals surface area contributed by atoms with Crippen LogP contribution in [0.3, 0.4) is 0 Å². The van der Waals surface area contributed by atoms with Gasteiger partial charge in [0.15, 0.2) is 0 Å². The van der Waals surface area contributed by atoms with Gasteiger partial charge in [0.2, 0.25) is 5.91 Å². The van der Waals surface area contributed by atoms with Gasteiger partial charge in [-0.25, -0.2) is 0 Å². The molecule has 0 aliphatic carbocycles. The van der Waals surface area contributed by atoms with Gasteiger partial charge in [-0.15, -0.1) is 10.2 Å². The van der Waals surface area contributed by atoms with E-state index in [4.69, 9.17) is 0 Å². The summed E-state index contributed by atoms with van der Waals surface area (Å²) in [5.41, 5.74) is 0. The molecule has 1 aromatic heterocycles. The number of carbonyl (C=O) groups is 1. The summed E-state index contributed by atoms with van der Waals surface area (Å²) < 4.78 is 1.98. The van der Waals surface area contributed by atoms with Crippen LogP contribution in [-0.4, -0.2) is 45.2 Å². The van der Waals surface area contributed by atoms with E-state index in [9.17, 15) is 4.79 Å². The first-order valence-corrected chi connectivity index (χ1v) is 5.90. The monoisotopic (exact) mass is 237 g/mol. The van der Waals surface area contributed by atoms with E-state index in [2.05, 4.69) is 15.5 Å². The smallest absolute Gasteiger partial charge is 0.222 e. The molecule has 1 saturated heterocycles. The topological polar surface area (TPSA) is 63.1 Å². The third kappa shape index (κ3) is 2.63. The van der Waals surface area contributed by atoms with Gasteiger partial charge < -0.3 is 14.8 Å². The lowest BCUT2D eigenvalue weighted by molar-refractivity contribution is -0.132. The highest BCUT2D eigenvalue weighted by molar-refractivity contribution is 5.76. The molecule has 1 aliphatic heterocycles. The van der Waals surface area contributed by atoms with Crippen LogP contribution in [0.25, 0.3) is 0 Å². The number of nitrogens with one attached hydrogen (secondary N) is 1. The van der Waals surface area contributed by atoms with Gasteiger partial charge in [0, 0.05) is 33.1 Å². The number of hydrogen-bond donors (Lipinski definition) is 1. The summed E-state index contributed by atoms with van der Waals surface area (Å²) in [5.74, 6) is 2.08. The number of aromatic nitrogens is 3. The highest BCUT2D eigenvalue weighted by atomic mass is 16.2. The fourth-order valence-electron chi connectivity index (χ4n) is 2.02. The summed E-state index contributed by atoms with van der Waals surface area (Å²) in [6.07, 6.45) is 1.53. The molecule has 1 fully saturated rings. The standard InChI is InChI=1S/C11H19N5O/c1-8-13-14-10(16(8)3)6-12-9-4-5-11(17)15(2)7-9/h9,12H,4-7H2,1-3H3. The quantitative estimate of drug-likeness (QED) is 0.793. The van der Waals surface area contributed by atoms with Crippen molar-refractivity contribution in [2.45, 2.75) is 32.4 Å². The summed E-state index contributed by atoms with van der Waals surface area (Å²) in [6.45, 7) is 3.41. The summed E-state index contributed by atoms with van der Waals surface area (Å²) >= 11 is 0. The van der Waals surface area contributed by atoms with Crippen LogP contribution in [0.4, 0.5) is 0 Å². The molecule has 1 aromatic rings. The minimum Gasteiger partial charge on any atom is -0.344 e. The van der Waals surface area contributed by atoms with Crippen LogP contribution in [0.2, 0.25) is 0 Å². The average Bonchev–Trinajstić information content (AvgIpc) is 2.62. The van der Waals surface area contributed by atoms with E-state index in [-0.39, 0.29) is 5.91 Å². The van der Waals surface area contributed by atoms with Gasteiger partial charge in [-0.2, -0.15) is 0 Å². The number of carbonyl (C=O) groups excluding carboxylic acids is 1. The number of hydrogen-bond acceptors (Lipinski definition) is 4. The van der Waals surface area contributed by atoms with Crippen LogP contribution < -0.4 is 5.32 Å². The Bertz CT molecular complexity index is 414. The molecule has 2 heterocycles. The number of piperidine rings is 1. The number of nitrogens with zero attached hydrogens (tertiary/aromatic N) is 4. The zero-order chi connectivity index (χ0) is 12.4. The lowest BCUT2D eigenvalue weighted by Crippen LogP contribution is -2.46. The van der Waals surface area contributed by atoms with Crippen molar-refractivity contribution >= 4 is 5.91 Å². The zero-order valence-electron chi connectivity index (χ0n) is 10.6. The van der Waals surface area contributed by atoms with Crippen LogP contribution in [0, 0.1) is 6.92 Å². The van der Waals surface area contributed by atoms with Crippen molar-refractivity contribution in [3.05, 3.63) is 11.6 Å². The van der Waals surface area contributed by atoms with Crippen molar-refractivity contribution < 1.29 is 4.79 Å². The number of amides is 1. The van der Waals surface area contributed by atoms with E-state index in [1.807, 2.05) is 25.6 Å². The summed E-state index contributed by atoms with van der Waals surface area (Å²) in [6, 6.07) is 0.356. The second-order valence-corrected chi connectivity index (χ2v) is 4.61. The van der Waals surface area contributed by atoms with E-state index in [1.54, 1.807) is 4.90 Å². The van der Waals surface area contributed by atoms with E-state index in [0.29, 0.717) is 19.0 Å². The number of likely N-dealkylation sites (N-methyl/N-ethyl adjacent to an activating group) is 1. The van der Waals surface area contributed by atoms with Crippen LogP contribution >= 0.6 is 0 Å². The lowest BCUT2D eigenvalue weighted by Gasteiger charge is -2.30. The molecule has 1 amide bonds. The maximum atomic E-state index is 11.3. The normalized spacial score (nSPS) is 21.0. The molecule has 1 aliphatic rings. The first kappa shape index (κ1) is 12.0. The average molecular weight is 237 g/mol. The van der Waals surface area contributed by atoms with Crippen molar-refractivity contribution in [2.75, 3.05) is 13.6 Å². The van der Waals surface area contributed by atoms with E-state index in [0.717, 1.165) is 24.6 Å². The predicted molar refractivity (Wildman–Crippen MR) is 63.2 cm³/mol. The molecule has 2 rings (SSSR count). The van der Waals surface area contributed by atoms with Gasteiger partial charge in [-0.1, -0.05) is 0 Å². The van der Waals surface area contributed by atoms with Gasteiger partial charge in [0.1, 0.15) is 11.6 Å². The molecule has 0 radical (unpaired) electrons. The molecule has 1 atom stereocenters. The SMILES string of the molecule is Cc1nnc(CNC2CCC(=O)N(C)C2)n1C. The maximum absolute atomic E-state index is 11.3. The zero-order valence-corrected chi connectivity index (χ0v) is 10.6. The molecular weight excluding hydrogens is 218 g/mol. The minimum absolute atomic E-state index is 0.234. The van der Waals surface area contributed by atoms with Gasteiger partial charge in [0.25, 0.3) is 0 Å². The van der Waals surface area contributed by atoms with Crippen molar-refractivity contribution in [2.24, 2.45) is 7.05 Å². The minimum atomic E-state index is 0.234. The van der Waals surface area contributed by atoms with Gasteiger partial charge in [0.05, 0.1) is 6.54 Å². The maximum Gasteiger partial charge on any atom is 0.222 e. The second kappa shape index (κ2) is 4.83. The fraction of sp³-hybridized carbons (Fsp3) is 0.727. The number of aryl methyl sites for hydroxylation is 1. The largest absolute Gasteiger partial charge is 0.344 e. The molecule has 6 nitrogen and oxygen atoms in total. The van der Waals surface area contributed by atoms with Crippen LogP contribution in [-0.2, 0) is 18.4 Å². The first-order valence-electron chi connectivity index (χ1n) is 5.90. The van der Waals surface area contributed by atoms with Gasteiger partial charge >= 0.3 is 0 Å². The number of rotatable bonds is 3. The highest BCUT2D eigenvalue weighted by Gasteiger charge is 2.22. The summed E-state index contributed by atoms with van der Waals surface area (Å²) in [5, 5.41) is 11.5. The Balaban J connectivity index is 1.87. The highest BCUT2D eigenvalue weighted by Crippen LogP contribution is 2.10. The third-order valence-corrected chi connectivity index (χ3v) is 3.36. The van der Waals surface area contributed by atoms with Crippen LogP contribution in [0.5, 0.6) is 0 Å². The van der Waals surface area contributed by atoms with Crippen molar-refractivity contribution in [1.29, 1.82) is 0 Å². The Morgan fingerprint density at radius 2 is 2.18 bits per heavy atom. The molecule has 1 unspecified atom stereocenters. The molecule has 6 heteroatoms. The van der Waals surface area contributed by atoms with E-state index >= 15 is 0 Å². The van der Waals surface area contributed by atoms with Crippen molar-refractivity contribution in [3.8, 4) is 0 Å². The van der Waals surface area contributed by atoms with Crippen molar-refractivity contribution in [3.63, 3.8) is 0 Å². The Kier molecular flexibility index (Phi) is 3.42. The third-order valence-electron chi connectivity index (χ3n) is 3.36. The summed E-state index contributed by atoms with van der Waals surface area (Å²) in [7, 11) is 3.81. The molecule has 17 heavy (non-hydrogen) atoms. The molecule has 0 bridgehead atoms. The first-order chi connectivity index (χ1) is 8.08. The van der Waals surface area contributed by atoms with Crippen molar-refractivity contribution in [1.82, 2.24) is 25.0 Å². The molecule has 1 N–H and O–H groups in total. The Hall–Kier alpha value is -1.43. The molecule has 0 saturated carbocycles.